The Balaban J connectivity index is -0.000000643. The topological polar surface area (TPSA) is 232 Å². The van der Waals surface area contributed by atoms with Crippen LogP contribution in [-0.2, 0) is 44.2 Å². The van der Waals surface area contributed by atoms with Crippen molar-refractivity contribution in [2.45, 2.75) is 144 Å². The van der Waals surface area contributed by atoms with Gasteiger partial charge in [-0.15, -0.1) is 0 Å². The van der Waals surface area contributed by atoms with E-state index in [0.29, 0.717) is 30.8 Å². The minimum absolute atomic E-state index is 0.148. The van der Waals surface area contributed by atoms with E-state index in [9.17, 15) is 19.8 Å². The number of hydrogen-bond acceptors (Lipinski definition) is 13. The summed E-state index contributed by atoms with van der Waals surface area (Å²) in [5, 5.41) is 25.0. The van der Waals surface area contributed by atoms with Crippen LogP contribution in [0.2, 0.25) is 0 Å². The van der Waals surface area contributed by atoms with Gasteiger partial charge in [0.1, 0.15) is 11.2 Å². The van der Waals surface area contributed by atoms with Crippen LogP contribution in [0.25, 0.3) is 0 Å². The van der Waals surface area contributed by atoms with Crippen molar-refractivity contribution in [3.8, 4) is 0 Å². The maximum atomic E-state index is 11.5. The van der Waals surface area contributed by atoms with E-state index in [1.165, 1.54) is 18.4 Å². The van der Waals surface area contributed by atoms with Crippen LogP contribution >= 0.6 is 11.8 Å². The second-order valence-electron chi connectivity index (χ2n) is 15.5. The Kier molecular flexibility index (Phi) is 33.5. The molecule has 312 valence electrons. The molecule has 3 aliphatic rings. The first-order chi connectivity index (χ1) is 24.6. The Morgan fingerprint density at radius 1 is 0.698 bits per heavy atom. The Morgan fingerprint density at radius 3 is 1.43 bits per heavy atom. The van der Waals surface area contributed by atoms with E-state index >= 15 is 0 Å². The van der Waals surface area contributed by atoms with Gasteiger partial charge in [0.15, 0.2) is 0 Å². The van der Waals surface area contributed by atoms with Crippen molar-refractivity contribution in [3.05, 3.63) is 11.6 Å². The summed E-state index contributed by atoms with van der Waals surface area (Å²) in [5.41, 5.74) is 0.438. The van der Waals surface area contributed by atoms with Crippen LogP contribution < -0.4 is 15.5 Å². The summed E-state index contributed by atoms with van der Waals surface area (Å²) in [6.07, 6.45) is 10.7. The zero-order valence-corrected chi connectivity index (χ0v) is 35.9. The number of rotatable bonds is 6. The monoisotopic (exact) mass is 837 g/mol. The molecule has 5 N–H and O–H groups in total. The first-order valence-corrected chi connectivity index (χ1v) is 20.1. The van der Waals surface area contributed by atoms with Crippen molar-refractivity contribution in [1.29, 1.82) is 0 Å². The molecular weight excluding hydrogens is 774 g/mol. The molecule has 0 radical (unpaired) electrons. The lowest BCUT2D eigenvalue weighted by Crippen LogP contribution is -2.40. The quantitative estimate of drug-likeness (QED) is 0.174. The highest BCUT2D eigenvalue weighted by Crippen LogP contribution is 2.29. The van der Waals surface area contributed by atoms with Crippen molar-refractivity contribution in [2.75, 3.05) is 19.6 Å². The molecule has 0 spiro atoms. The zero-order chi connectivity index (χ0) is 41.6. The summed E-state index contributed by atoms with van der Waals surface area (Å²) < 4.78 is 60.1. The Morgan fingerprint density at radius 2 is 1.09 bits per heavy atom. The molecule has 7 atom stereocenters. The molecule has 1 unspecified atom stereocenters. The number of allylic oxidation sites excluding steroid dienone is 1. The first-order valence-electron chi connectivity index (χ1n) is 17.7. The fraction of sp³-hybridized carbons (Fsp3) is 0.882. The van der Waals surface area contributed by atoms with Gasteiger partial charge in [0.05, 0.1) is 12.2 Å². The van der Waals surface area contributed by atoms with Gasteiger partial charge in [-0.3, -0.25) is 0 Å². The molecule has 0 saturated heterocycles. The van der Waals surface area contributed by atoms with Crippen LogP contribution in [-0.4, -0.2) is 90.7 Å². The largest absolute Gasteiger partial charge is 0.444 e. The average Bonchev–Trinajstić information content (AvgIpc) is 3.02. The summed E-state index contributed by atoms with van der Waals surface area (Å²) in [6, 6.07) is 0. The maximum absolute atomic E-state index is 11.5. The van der Waals surface area contributed by atoms with Crippen LogP contribution in [0.3, 0.4) is 0 Å². The number of alkyl carbamates (subject to hydrolysis) is 2. The molecular formula is C34H64ClN3O12S3. The molecule has 19 heteroatoms. The van der Waals surface area contributed by atoms with E-state index in [1.54, 1.807) is 0 Å². The van der Waals surface area contributed by atoms with Crippen molar-refractivity contribution >= 4 is 58.7 Å². The Bertz CT molecular complexity index is 1120. The number of aliphatic hydroxyl groups excluding tert-OH is 2. The Hall–Kier alpha value is -2.09. The normalized spacial score (nSPS) is 24.8. The molecule has 0 bridgehead atoms. The van der Waals surface area contributed by atoms with E-state index in [1.807, 2.05) is 41.5 Å². The molecule has 0 aliphatic heterocycles. The van der Waals surface area contributed by atoms with E-state index in [4.69, 9.17) is 46.5 Å². The van der Waals surface area contributed by atoms with Gasteiger partial charge in [-0.1, -0.05) is 45.3 Å². The highest BCUT2D eigenvalue weighted by Gasteiger charge is 2.28. The van der Waals surface area contributed by atoms with E-state index in [0.717, 1.165) is 57.4 Å². The predicted octanol–water partition coefficient (Wildman–Crippen LogP) is 5.08. The number of halogens is 1. The molecule has 0 aromatic carbocycles. The number of carbonyl (C=O) groups excluding carboxylic acids is 2. The molecule has 2 saturated carbocycles. The summed E-state index contributed by atoms with van der Waals surface area (Å²) in [4.78, 5) is 25.5. The lowest BCUT2D eigenvalue weighted by molar-refractivity contribution is 0.0359. The Labute approximate surface area is 331 Å². The number of hydrogen-bond donors (Lipinski definition) is 5. The number of aliphatic hydroxyl groups is 2. The molecule has 2 fully saturated rings. The zero-order valence-electron chi connectivity index (χ0n) is 32.7. The molecule has 15 nitrogen and oxygen atoms in total. The molecule has 0 aromatic rings. The average molecular weight is 839 g/mol. The second kappa shape index (κ2) is 32.2. The number of amides is 2. The molecule has 3 rings (SSSR count). The molecule has 53 heavy (non-hydrogen) atoms. The minimum Gasteiger partial charge on any atom is -0.444 e. The van der Waals surface area contributed by atoms with Crippen LogP contribution in [0.1, 0.15) is 120 Å². The molecule has 0 aromatic heterocycles. The van der Waals surface area contributed by atoms with Crippen molar-refractivity contribution < 1.29 is 54.5 Å². The van der Waals surface area contributed by atoms with Gasteiger partial charge in [0.2, 0.25) is 0 Å². The van der Waals surface area contributed by atoms with Crippen LogP contribution in [0.5, 0.6) is 0 Å². The molecule has 2 amide bonds. The van der Waals surface area contributed by atoms with E-state index < -0.39 is 52.0 Å². The third-order valence-corrected chi connectivity index (χ3v) is 8.46. The van der Waals surface area contributed by atoms with Crippen LogP contribution in [0, 0.1) is 29.6 Å². The van der Waals surface area contributed by atoms with Crippen molar-refractivity contribution in [1.82, 2.24) is 15.5 Å². The predicted molar refractivity (Wildman–Crippen MR) is 205 cm³/mol. The fourth-order valence-electron chi connectivity index (χ4n) is 5.61. The summed E-state index contributed by atoms with van der Waals surface area (Å²) in [6.45, 7) is 19.6. The van der Waals surface area contributed by atoms with Gasteiger partial charge in [0, 0.05) is 25.6 Å². The minimum atomic E-state index is -0.750. The first kappa shape index (κ1) is 55.2. The maximum Gasteiger partial charge on any atom is 0.407 e. The van der Waals surface area contributed by atoms with Crippen molar-refractivity contribution in [3.63, 3.8) is 0 Å². The fourth-order valence-corrected chi connectivity index (χ4v) is 5.81. The van der Waals surface area contributed by atoms with Crippen LogP contribution in [0.15, 0.2) is 11.6 Å². The SMILES string of the molecule is CC1CC=C(CNC(=O)OC(C)(C)C)CC1.C[C@@H]1CC[C@@H](CNC(=O)OC(C)(C)C)[C@H](O)C1.C[C@@H]1CC[C@@H](CNCl)[C@H](O)C1.O=S=O.O=S=O.O=S=O. The number of ether oxygens (including phenoxy) is 2. The third-order valence-electron chi connectivity index (χ3n) is 8.31. The highest BCUT2D eigenvalue weighted by atomic mass is 35.5. The summed E-state index contributed by atoms with van der Waals surface area (Å²) in [5.74, 6) is 2.58. The van der Waals surface area contributed by atoms with E-state index in [2.05, 4.69) is 42.3 Å². The van der Waals surface area contributed by atoms with Crippen LogP contribution in [0.4, 0.5) is 9.59 Å². The lowest BCUT2D eigenvalue weighted by atomic mass is 9.81. The van der Waals surface area contributed by atoms with Gasteiger partial charge < -0.3 is 30.3 Å². The standard InChI is InChI=1S/C13H25NO3.C13H23NO2.C8H16ClNO.3O2S/c1-9-5-6-10(11(15)7-9)8-14-12(16)17-13(2,3)4;1-10-5-7-11(8-6-10)9-14-12(15)16-13(2,3)4;1-6-2-3-7(5-10-9)8(11)4-6;3*1-3-2/h9-11,15H,5-8H2,1-4H3,(H,14,16);7,10H,5-6,8-9H2,1-4H3,(H,14,15);6-8,10-11H,2-5H2,1H3;;;/t9-,10+,11-;;6-,7+,8-;;;/m1.1.../s1. The second-order valence-corrected chi connectivity index (χ2v) is 16.2. The summed E-state index contributed by atoms with van der Waals surface area (Å²) >= 11 is 3.13. The van der Waals surface area contributed by atoms with Gasteiger partial charge in [0.25, 0.3) is 0 Å². The third kappa shape index (κ3) is 35.4. The van der Waals surface area contributed by atoms with Gasteiger partial charge in [-0.2, -0.15) is 25.3 Å². The number of nitrogens with one attached hydrogen (secondary N) is 3. The van der Waals surface area contributed by atoms with Crippen molar-refractivity contribution in [2.24, 2.45) is 29.6 Å². The van der Waals surface area contributed by atoms with Gasteiger partial charge in [-0.05, 0) is 122 Å². The smallest absolute Gasteiger partial charge is 0.407 e. The summed E-state index contributed by atoms with van der Waals surface area (Å²) in [7, 11) is 0. The van der Waals surface area contributed by atoms with Gasteiger partial charge >= 0.3 is 46.9 Å². The molecule has 3 aliphatic carbocycles. The highest BCUT2D eigenvalue weighted by molar-refractivity contribution is 7.52. The molecule has 0 heterocycles. The van der Waals surface area contributed by atoms with E-state index in [-0.39, 0.29) is 24.2 Å². The number of carbonyl (C=O) groups is 2. The van der Waals surface area contributed by atoms with Gasteiger partial charge in [-0.25, -0.2) is 14.4 Å². The lowest BCUT2D eigenvalue weighted by Gasteiger charge is -2.31.